The maximum Gasteiger partial charge on any atom is -0.00368 e. The minimum Gasteiger partial charge on any atom is -0.317 e. The molecule has 15 heavy (non-hydrogen) atoms. The van der Waals surface area contributed by atoms with Crippen LogP contribution in [0.5, 0.6) is 0 Å². The third-order valence-electron chi connectivity index (χ3n) is 2.94. The molecular formula is C13H26N2. The van der Waals surface area contributed by atoms with Crippen molar-refractivity contribution in [3.05, 3.63) is 12.2 Å². The van der Waals surface area contributed by atoms with Crippen LogP contribution in [-0.4, -0.2) is 26.2 Å². The summed E-state index contributed by atoms with van der Waals surface area (Å²) in [6.45, 7) is 6.87. The summed E-state index contributed by atoms with van der Waals surface area (Å²) in [4.78, 5) is 0. The molecule has 0 aliphatic heterocycles. The van der Waals surface area contributed by atoms with Crippen LogP contribution in [-0.2, 0) is 0 Å². The zero-order valence-corrected chi connectivity index (χ0v) is 10.1. The van der Waals surface area contributed by atoms with E-state index in [1.165, 1.54) is 38.6 Å². The molecule has 0 heterocycles. The van der Waals surface area contributed by atoms with E-state index in [1.54, 1.807) is 0 Å². The van der Waals surface area contributed by atoms with Crippen LogP contribution < -0.4 is 10.6 Å². The molecule has 1 aliphatic rings. The normalized spacial score (nSPS) is 19.9. The second-order valence-electron chi connectivity index (χ2n) is 4.41. The Hall–Kier alpha value is -0.340. The summed E-state index contributed by atoms with van der Waals surface area (Å²) in [5.74, 6) is 0.857. The highest BCUT2D eigenvalue weighted by atomic mass is 14.9. The largest absolute Gasteiger partial charge is 0.317 e. The van der Waals surface area contributed by atoms with Gasteiger partial charge in [0.1, 0.15) is 0 Å². The molecule has 0 amide bonds. The first-order valence-corrected chi connectivity index (χ1v) is 6.51. The molecule has 0 fully saturated rings. The average Bonchev–Trinajstić information content (AvgIpc) is 2.75. The lowest BCUT2D eigenvalue weighted by molar-refractivity contribution is 0.522. The zero-order chi connectivity index (χ0) is 10.8. The van der Waals surface area contributed by atoms with E-state index < -0.39 is 0 Å². The molecule has 2 nitrogen and oxygen atoms in total. The van der Waals surface area contributed by atoms with Crippen molar-refractivity contribution in [1.29, 1.82) is 0 Å². The van der Waals surface area contributed by atoms with Crippen LogP contribution in [0.25, 0.3) is 0 Å². The third kappa shape index (κ3) is 6.69. The fourth-order valence-corrected chi connectivity index (χ4v) is 1.99. The van der Waals surface area contributed by atoms with Crippen LogP contribution in [0.1, 0.15) is 39.0 Å². The van der Waals surface area contributed by atoms with Crippen LogP contribution in [0.15, 0.2) is 12.2 Å². The van der Waals surface area contributed by atoms with E-state index in [0.717, 1.165) is 25.6 Å². The van der Waals surface area contributed by atoms with Gasteiger partial charge in [0, 0.05) is 0 Å². The van der Waals surface area contributed by atoms with Crippen molar-refractivity contribution in [2.24, 2.45) is 5.92 Å². The van der Waals surface area contributed by atoms with Crippen molar-refractivity contribution in [3.8, 4) is 0 Å². The predicted molar refractivity (Wildman–Crippen MR) is 67.1 cm³/mol. The second-order valence-corrected chi connectivity index (χ2v) is 4.41. The van der Waals surface area contributed by atoms with Crippen LogP contribution >= 0.6 is 0 Å². The van der Waals surface area contributed by atoms with Crippen molar-refractivity contribution in [3.63, 3.8) is 0 Å². The molecule has 0 radical (unpaired) electrons. The summed E-state index contributed by atoms with van der Waals surface area (Å²) in [5.41, 5.74) is 0. The minimum absolute atomic E-state index is 0.857. The zero-order valence-electron chi connectivity index (χ0n) is 10.1. The molecule has 0 saturated heterocycles. The number of hydrogen-bond donors (Lipinski definition) is 2. The topological polar surface area (TPSA) is 24.1 Å². The Bertz CT molecular complexity index is 166. The Kier molecular flexibility index (Phi) is 7.58. The Balaban J connectivity index is 1.75. The summed E-state index contributed by atoms with van der Waals surface area (Å²) >= 11 is 0. The molecule has 2 heteroatoms. The Morgan fingerprint density at radius 1 is 1.13 bits per heavy atom. The molecule has 0 bridgehead atoms. The molecule has 0 aromatic heterocycles. The summed E-state index contributed by atoms with van der Waals surface area (Å²) in [7, 11) is 0. The molecule has 0 aromatic carbocycles. The molecule has 1 rings (SSSR count). The molecule has 0 saturated carbocycles. The molecule has 1 atom stereocenters. The van der Waals surface area contributed by atoms with Crippen LogP contribution in [0, 0.1) is 5.92 Å². The fourth-order valence-electron chi connectivity index (χ4n) is 1.99. The highest BCUT2D eigenvalue weighted by molar-refractivity contribution is 4.95. The smallest absolute Gasteiger partial charge is 0.00368 e. The van der Waals surface area contributed by atoms with Gasteiger partial charge in [0.2, 0.25) is 0 Å². The van der Waals surface area contributed by atoms with Gasteiger partial charge in [0.05, 0.1) is 0 Å². The maximum absolute atomic E-state index is 3.52. The van der Waals surface area contributed by atoms with Crippen molar-refractivity contribution >= 4 is 0 Å². The van der Waals surface area contributed by atoms with Gasteiger partial charge in [-0.15, -0.1) is 0 Å². The average molecular weight is 210 g/mol. The fraction of sp³-hybridized carbons (Fsp3) is 0.846. The molecule has 2 N–H and O–H groups in total. The lowest BCUT2D eigenvalue weighted by Crippen LogP contribution is -2.23. The predicted octanol–water partition coefficient (Wildman–Crippen LogP) is 2.32. The van der Waals surface area contributed by atoms with Gasteiger partial charge in [0.25, 0.3) is 0 Å². The van der Waals surface area contributed by atoms with E-state index >= 15 is 0 Å². The van der Waals surface area contributed by atoms with Gasteiger partial charge in [-0.25, -0.2) is 0 Å². The van der Waals surface area contributed by atoms with Crippen LogP contribution in [0.4, 0.5) is 0 Å². The Morgan fingerprint density at radius 3 is 2.60 bits per heavy atom. The van der Waals surface area contributed by atoms with Crippen molar-refractivity contribution < 1.29 is 0 Å². The lowest BCUT2D eigenvalue weighted by atomic mass is 10.1. The second kappa shape index (κ2) is 8.93. The van der Waals surface area contributed by atoms with E-state index in [4.69, 9.17) is 0 Å². The van der Waals surface area contributed by atoms with Gasteiger partial charge in [-0.05, 0) is 64.2 Å². The summed E-state index contributed by atoms with van der Waals surface area (Å²) in [5, 5.41) is 6.93. The first-order chi connectivity index (χ1) is 7.43. The van der Waals surface area contributed by atoms with E-state index in [2.05, 4.69) is 29.7 Å². The first kappa shape index (κ1) is 12.7. The number of rotatable bonds is 9. The molecule has 88 valence electrons. The molecule has 0 spiro atoms. The Morgan fingerprint density at radius 2 is 1.93 bits per heavy atom. The maximum atomic E-state index is 3.52. The van der Waals surface area contributed by atoms with Gasteiger partial charge in [-0.1, -0.05) is 19.1 Å². The van der Waals surface area contributed by atoms with Gasteiger partial charge in [-0.3, -0.25) is 0 Å². The highest BCUT2D eigenvalue weighted by Gasteiger charge is 2.07. The summed E-state index contributed by atoms with van der Waals surface area (Å²) in [6.07, 6.45) is 11.2. The quantitative estimate of drug-likeness (QED) is 0.451. The van der Waals surface area contributed by atoms with E-state index in [9.17, 15) is 0 Å². The minimum atomic E-state index is 0.857. The number of allylic oxidation sites excluding steroid dienone is 2. The van der Waals surface area contributed by atoms with Crippen LogP contribution in [0.2, 0.25) is 0 Å². The van der Waals surface area contributed by atoms with Crippen LogP contribution in [0.3, 0.4) is 0 Å². The summed E-state index contributed by atoms with van der Waals surface area (Å²) in [6, 6.07) is 0. The van der Waals surface area contributed by atoms with Gasteiger partial charge in [0.15, 0.2) is 0 Å². The monoisotopic (exact) mass is 210 g/mol. The highest BCUT2D eigenvalue weighted by Crippen LogP contribution is 2.19. The third-order valence-corrected chi connectivity index (χ3v) is 2.94. The standard InChI is InChI=1S/C13H26N2/c1-2-9-14-10-5-11-15-12-8-13-6-3-4-7-13/h3,6,13-15H,2,4-5,7-12H2,1H3. The molecule has 1 unspecified atom stereocenters. The van der Waals surface area contributed by atoms with Crippen molar-refractivity contribution in [1.82, 2.24) is 10.6 Å². The lowest BCUT2D eigenvalue weighted by Gasteiger charge is -2.08. The number of nitrogens with one attached hydrogen (secondary N) is 2. The summed E-state index contributed by atoms with van der Waals surface area (Å²) < 4.78 is 0. The molecule has 1 aliphatic carbocycles. The molecule has 0 aromatic rings. The van der Waals surface area contributed by atoms with E-state index in [0.29, 0.717) is 0 Å². The van der Waals surface area contributed by atoms with Crippen molar-refractivity contribution in [2.45, 2.75) is 39.0 Å². The van der Waals surface area contributed by atoms with Gasteiger partial charge < -0.3 is 10.6 Å². The van der Waals surface area contributed by atoms with Gasteiger partial charge in [-0.2, -0.15) is 0 Å². The van der Waals surface area contributed by atoms with Gasteiger partial charge >= 0.3 is 0 Å². The SMILES string of the molecule is CCCNCCCNCCC1C=CCC1. The Labute approximate surface area is 94.5 Å². The molecular weight excluding hydrogens is 184 g/mol. The first-order valence-electron chi connectivity index (χ1n) is 6.51. The van der Waals surface area contributed by atoms with E-state index in [1.807, 2.05) is 0 Å². The van der Waals surface area contributed by atoms with E-state index in [-0.39, 0.29) is 0 Å². The number of hydrogen-bond acceptors (Lipinski definition) is 2. The van der Waals surface area contributed by atoms with Crippen molar-refractivity contribution in [2.75, 3.05) is 26.2 Å².